The van der Waals surface area contributed by atoms with Crippen molar-refractivity contribution in [1.82, 2.24) is 0 Å². The van der Waals surface area contributed by atoms with Gasteiger partial charge < -0.3 is 28.4 Å². The second-order valence-electron chi connectivity index (χ2n) is 5.29. The van der Waals surface area contributed by atoms with Crippen LogP contribution in [0.25, 0.3) is 0 Å². The number of hydrogen-bond acceptors (Lipinski definition) is 6. The molecule has 4 rings (SSSR count). The van der Waals surface area contributed by atoms with E-state index >= 15 is 0 Å². The molecule has 0 radical (unpaired) electrons. The van der Waals surface area contributed by atoms with Gasteiger partial charge in [-0.15, -0.1) is 0 Å². The van der Waals surface area contributed by atoms with Crippen LogP contribution in [0.5, 0.6) is 17.2 Å². The Morgan fingerprint density at radius 1 is 0.952 bits per heavy atom. The third-order valence-corrected chi connectivity index (χ3v) is 3.58. The molecule has 21 heavy (non-hydrogen) atoms. The number of hydrogen-bond donors (Lipinski definition) is 0. The third-order valence-electron chi connectivity index (χ3n) is 3.58. The van der Waals surface area contributed by atoms with Crippen molar-refractivity contribution in [2.24, 2.45) is 0 Å². The summed E-state index contributed by atoms with van der Waals surface area (Å²) in [6, 6.07) is 5.53. The summed E-state index contributed by atoms with van der Waals surface area (Å²) in [5.74, 6) is 2.04. The average Bonchev–Trinajstić information content (AvgIpc) is 3.21. The molecule has 3 aliphatic rings. The molecular weight excluding hydrogens is 276 g/mol. The van der Waals surface area contributed by atoms with Gasteiger partial charge in [0.2, 0.25) is 12.6 Å². The number of benzene rings is 1. The molecule has 3 aliphatic heterocycles. The summed E-state index contributed by atoms with van der Waals surface area (Å²) >= 11 is 0. The van der Waals surface area contributed by atoms with Crippen LogP contribution in [0.1, 0.15) is 12.8 Å². The number of epoxide rings is 1. The lowest BCUT2D eigenvalue weighted by atomic mass is 10.2. The van der Waals surface area contributed by atoms with Gasteiger partial charge in [0, 0.05) is 18.9 Å². The zero-order valence-electron chi connectivity index (χ0n) is 11.7. The smallest absolute Gasteiger partial charge is 0.202 e. The van der Waals surface area contributed by atoms with E-state index in [4.69, 9.17) is 28.4 Å². The molecule has 1 aromatic carbocycles. The standard InChI is InChI=1S/C15H18O6/c1-2-12(21-15-4-6-17-15)13(19-9-11-8-18-11)7-10(1)20-14-3-5-16-14/h1-2,7,11,14-15H,3-6,8-9H2/t11?,14-,15-/m1/s1. The van der Waals surface area contributed by atoms with Gasteiger partial charge in [0.25, 0.3) is 0 Å². The quantitative estimate of drug-likeness (QED) is 0.714. The second-order valence-corrected chi connectivity index (χ2v) is 5.29. The summed E-state index contributed by atoms with van der Waals surface area (Å²) < 4.78 is 33.0. The van der Waals surface area contributed by atoms with Crippen LogP contribution in [0, 0.1) is 0 Å². The van der Waals surface area contributed by atoms with Gasteiger partial charge in [0.05, 0.1) is 19.8 Å². The monoisotopic (exact) mass is 294 g/mol. The normalized spacial score (nSPS) is 30.0. The minimum absolute atomic E-state index is 0.147. The fourth-order valence-corrected chi connectivity index (χ4v) is 2.03. The lowest BCUT2D eigenvalue weighted by Crippen LogP contribution is -2.33. The topological polar surface area (TPSA) is 58.7 Å². The highest BCUT2D eigenvalue weighted by molar-refractivity contribution is 5.45. The molecule has 0 N–H and O–H groups in total. The van der Waals surface area contributed by atoms with Crippen LogP contribution in [-0.4, -0.2) is 45.1 Å². The van der Waals surface area contributed by atoms with E-state index in [2.05, 4.69) is 0 Å². The molecule has 0 bridgehead atoms. The van der Waals surface area contributed by atoms with Crippen molar-refractivity contribution < 1.29 is 28.4 Å². The molecule has 3 atom stereocenters. The Morgan fingerprint density at radius 2 is 1.67 bits per heavy atom. The molecule has 0 spiro atoms. The minimum atomic E-state index is -0.175. The van der Waals surface area contributed by atoms with Gasteiger partial charge in [0.15, 0.2) is 11.5 Å². The predicted octanol–water partition coefficient (Wildman–Crippen LogP) is 1.71. The van der Waals surface area contributed by atoms with Crippen LogP contribution in [0.15, 0.2) is 18.2 Å². The Balaban J connectivity index is 1.46. The maximum atomic E-state index is 5.78. The maximum absolute atomic E-state index is 5.78. The molecule has 1 unspecified atom stereocenters. The van der Waals surface area contributed by atoms with Gasteiger partial charge in [-0.05, 0) is 12.1 Å². The molecule has 0 saturated carbocycles. The molecule has 0 aliphatic carbocycles. The van der Waals surface area contributed by atoms with E-state index in [-0.39, 0.29) is 18.7 Å². The molecule has 6 nitrogen and oxygen atoms in total. The van der Waals surface area contributed by atoms with Gasteiger partial charge in [-0.25, -0.2) is 0 Å². The van der Waals surface area contributed by atoms with Crippen molar-refractivity contribution in [2.75, 3.05) is 26.4 Å². The van der Waals surface area contributed by atoms with Crippen molar-refractivity contribution in [2.45, 2.75) is 31.5 Å². The van der Waals surface area contributed by atoms with Crippen molar-refractivity contribution >= 4 is 0 Å². The Morgan fingerprint density at radius 3 is 2.29 bits per heavy atom. The average molecular weight is 294 g/mol. The van der Waals surface area contributed by atoms with Crippen molar-refractivity contribution in [3.63, 3.8) is 0 Å². The number of ether oxygens (including phenoxy) is 6. The largest absolute Gasteiger partial charge is 0.487 e. The third kappa shape index (κ3) is 3.23. The van der Waals surface area contributed by atoms with Gasteiger partial charge in [-0.3, -0.25) is 0 Å². The predicted molar refractivity (Wildman–Crippen MR) is 71.6 cm³/mol. The minimum Gasteiger partial charge on any atom is -0.487 e. The lowest BCUT2D eigenvalue weighted by molar-refractivity contribution is -0.167. The zero-order valence-corrected chi connectivity index (χ0v) is 11.7. The maximum Gasteiger partial charge on any atom is 0.202 e. The van der Waals surface area contributed by atoms with Crippen molar-refractivity contribution in [3.05, 3.63) is 18.2 Å². The SMILES string of the molecule is c1cc(O[C@@H]2CCO2)c(OCC2CO2)cc1O[C@@H]1CCO1. The highest BCUT2D eigenvalue weighted by atomic mass is 16.7. The van der Waals surface area contributed by atoms with Crippen LogP contribution in [0.4, 0.5) is 0 Å². The van der Waals surface area contributed by atoms with Crippen molar-refractivity contribution in [3.8, 4) is 17.2 Å². The first kappa shape index (κ1) is 13.2. The Kier molecular flexibility index (Phi) is 3.58. The first-order valence-corrected chi connectivity index (χ1v) is 7.32. The summed E-state index contributed by atoms with van der Waals surface area (Å²) in [6.07, 6.45) is 1.69. The fourth-order valence-electron chi connectivity index (χ4n) is 2.03. The first-order valence-electron chi connectivity index (χ1n) is 7.32. The molecular formula is C15H18O6. The fraction of sp³-hybridized carbons (Fsp3) is 0.600. The van der Waals surface area contributed by atoms with Crippen LogP contribution in [-0.2, 0) is 14.2 Å². The number of rotatable bonds is 7. The summed E-state index contributed by atoms with van der Waals surface area (Å²) in [7, 11) is 0. The molecule has 3 heterocycles. The second kappa shape index (κ2) is 5.71. The summed E-state index contributed by atoms with van der Waals surface area (Å²) in [5.41, 5.74) is 0. The first-order chi connectivity index (χ1) is 10.4. The van der Waals surface area contributed by atoms with Crippen LogP contribution >= 0.6 is 0 Å². The van der Waals surface area contributed by atoms with Gasteiger partial charge in [-0.2, -0.15) is 0 Å². The van der Waals surface area contributed by atoms with E-state index in [1.165, 1.54) is 0 Å². The van der Waals surface area contributed by atoms with E-state index < -0.39 is 0 Å². The van der Waals surface area contributed by atoms with E-state index in [1.807, 2.05) is 18.2 Å². The highest BCUT2D eigenvalue weighted by Crippen LogP contribution is 2.35. The van der Waals surface area contributed by atoms with Crippen LogP contribution in [0.3, 0.4) is 0 Å². The van der Waals surface area contributed by atoms with Gasteiger partial charge >= 0.3 is 0 Å². The van der Waals surface area contributed by atoms with E-state index in [1.54, 1.807) is 0 Å². The molecule has 0 amide bonds. The summed E-state index contributed by atoms with van der Waals surface area (Å²) in [4.78, 5) is 0. The van der Waals surface area contributed by atoms with Crippen LogP contribution in [0.2, 0.25) is 0 Å². The highest BCUT2D eigenvalue weighted by Gasteiger charge is 2.26. The van der Waals surface area contributed by atoms with E-state index in [9.17, 15) is 0 Å². The molecule has 1 aromatic rings. The van der Waals surface area contributed by atoms with Gasteiger partial charge in [-0.1, -0.05) is 0 Å². The Hall–Kier alpha value is -1.50. The zero-order chi connectivity index (χ0) is 14.1. The molecule has 3 saturated heterocycles. The summed E-state index contributed by atoms with van der Waals surface area (Å²) in [5, 5.41) is 0. The lowest BCUT2D eigenvalue weighted by Gasteiger charge is -2.29. The van der Waals surface area contributed by atoms with Crippen LogP contribution < -0.4 is 14.2 Å². The van der Waals surface area contributed by atoms with E-state index in [0.29, 0.717) is 23.9 Å². The molecule has 3 fully saturated rings. The van der Waals surface area contributed by atoms with Crippen molar-refractivity contribution in [1.29, 1.82) is 0 Å². The molecule has 114 valence electrons. The van der Waals surface area contributed by atoms with E-state index in [0.717, 1.165) is 32.7 Å². The summed E-state index contributed by atoms with van der Waals surface area (Å²) in [6.45, 7) is 2.78. The Bertz CT molecular complexity index is 493. The van der Waals surface area contributed by atoms with Gasteiger partial charge in [0.1, 0.15) is 18.5 Å². The molecule has 0 aromatic heterocycles. The Labute approximate surface area is 122 Å². The molecule has 6 heteroatoms.